The predicted molar refractivity (Wildman–Crippen MR) is 89.7 cm³/mol. The first-order chi connectivity index (χ1) is 10.2. The molecule has 0 N–H and O–H groups in total. The van der Waals surface area contributed by atoms with Gasteiger partial charge in [0.15, 0.2) is 0 Å². The number of hydrogen-bond donors (Lipinski definition) is 0. The molecule has 0 spiro atoms. The van der Waals surface area contributed by atoms with E-state index in [1.54, 1.807) is 11.3 Å². The van der Waals surface area contributed by atoms with Crippen molar-refractivity contribution >= 4 is 22.9 Å². The molecule has 102 valence electrons. The molecule has 0 atom stereocenters. The molecule has 0 aliphatic carbocycles. The van der Waals surface area contributed by atoms with Crippen molar-refractivity contribution in [3.05, 3.63) is 75.8 Å². The van der Waals surface area contributed by atoms with Crippen molar-refractivity contribution in [1.82, 2.24) is 4.98 Å². The van der Waals surface area contributed by atoms with E-state index in [0.29, 0.717) is 0 Å². The van der Waals surface area contributed by atoms with Gasteiger partial charge in [0.2, 0.25) is 0 Å². The fourth-order valence-corrected chi connectivity index (χ4v) is 2.73. The molecule has 0 unspecified atom stereocenters. The molecule has 1 heterocycles. The maximum Gasteiger partial charge on any atom is 0.124 e. The van der Waals surface area contributed by atoms with Gasteiger partial charge in [-0.2, -0.15) is 0 Å². The summed E-state index contributed by atoms with van der Waals surface area (Å²) in [4.78, 5) is 5.37. The predicted octanol–water partition coefficient (Wildman–Crippen LogP) is 5.17. The molecular formula is C18H12ClNS. The van der Waals surface area contributed by atoms with Gasteiger partial charge < -0.3 is 0 Å². The molecule has 1 nitrogen and oxygen atoms in total. The number of rotatable bonds is 1. The van der Waals surface area contributed by atoms with Crippen LogP contribution in [-0.2, 0) is 0 Å². The molecule has 0 radical (unpaired) electrons. The molecular weight excluding hydrogens is 298 g/mol. The Hall–Kier alpha value is -2.08. The Kier molecular flexibility index (Phi) is 4.06. The maximum atomic E-state index is 5.89. The van der Waals surface area contributed by atoms with Crippen molar-refractivity contribution in [2.75, 3.05) is 0 Å². The van der Waals surface area contributed by atoms with Crippen LogP contribution >= 0.6 is 22.9 Å². The molecule has 1 aromatic heterocycles. The Morgan fingerprint density at radius 1 is 0.952 bits per heavy atom. The summed E-state index contributed by atoms with van der Waals surface area (Å²) < 4.78 is 0. The third-order valence-corrected chi connectivity index (χ3v) is 4.19. The number of halogens is 1. The van der Waals surface area contributed by atoms with Crippen LogP contribution in [0.25, 0.3) is 10.6 Å². The molecule has 3 rings (SSSR count). The summed E-state index contributed by atoms with van der Waals surface area (Å²) in [6.07, 6.45) is 1.82. The number of nitrogens with zero attached hydrogens (tertiary/aromatic N) is 1. The van der Waals surface area contributed by atoms with E-state index in [9.17, 15) is 0 Å². The van der Waals surface area contributed by atoms with E-state index in [4.69, 9.17) is 11.6 Å². The average molecular weight is 310 g/mol. The van der Waals surface area contributed by atoms with E-state index < -0.39 is 0 Å². The fourth-order valence-electron chi connectivity index (χ4n) is 1.83. The average Bonchev–Trinajstić information content (AvgIpc) is 2.96. The van der Waals surface area contributed by atoms with E-state index in [2.05, 4.69) is 35.9 Å². The Morgan fingerprint density at radius 3 is 2.38 bits per heavy atom. The number of hydrogen-bond acceptors (Lipinski definition) is 2. The van der Waals surface area contributed by atoms with E-state index >= 15 is 0 Å². The van der Waals surface area contributed by atoms with Crippen molar-refractivity contribution < 1.29 is 0 Å². The second kappa shape index (κ2) is 6.13. The first-order valence-corrected chi connectivity index (χ1v) is 7.70. The van der Waals surface area contributed by atoms with Gasteiger partial charge >= 0.3 is 0 Å². The van der Waals surface area contributed by atoms with Gasteiger partial charge in [0.05, 0.1) is 11.1 Å². The second-order valence-corrected chi connectivity index (χ2v) is 6.12. The minimum atomic E-state index is 0.731. The number of aryl methyl sites for hydroxylation is 1. The lowest BCUT2D eigenvalue weighted by Crippen LogP contribution is -1.74. The first-order valence-electron chi connectivity index (χ1n) is 6.51. The molecule has 3 aromatic rings. The fraction of sp³-hybridized carbons (Fsp3) is 0.0556. The smallest absolute Gasteiger partial charge is 0.124 e. The van der Waals surface area contributed by atoms with Crippen LogP contribution in [0.3, 0.4) is 0 Å². The summed E-state index contributed by atoms with van der Waals surface area (Å²) in [5.41, 5.74) is 3.32. The lowest BCUT2D eigenvalue weighted by atomic mass is 10.1. The highest BCUT2D eigenvalue weighted by Gasteiger charge is 2.03. The molecule has 0 saturated carbocycles. The van der Waals surface area contributed by atoms with Crippen molar-refractivity contribution in [3.8, 4) is 22.4 Å². The topological polar surface area (TPSA) is 12.9 Å². The van der Waals surface area contributed by atoms with Gasteiger partial charge in [-0.25, -0.2) is 4.98 Å². The summed E-state index contributed by atoms with van der Waals surface area (Å²) in [6.45, 7) is 2.07. The zero-order chi connectivity index (χ0) is 14.7. The zero-order valence-electron chi connectivity index (χ0n) is 11.4. The lowest BCUT2D eigenvalue weighted by Gasteiger charge is -1.94. The van der Waals surface area contributed by atoms with E-state index in [1.807, 2.05) is 42.6 Å². The van der Waals surface area contributed by atoms with Gasteiger partial charge in [-0.15, -0.1) is 11.3 Å². The highest BCUT2D eigenvalue weighted by Crippen LogP contribution is 2.25. The van der Waals surface area contributed by atoms with Gasteiger partial charge in [0.25, 0.3) is 0 Å². The van der Waals surface area contributed by atoms with Gasteiger partial charge in [0.1, 0.15) is 5.01 Å². The zero-order valence-corrected chi connectivity index (χ0v) is 13.0. The maximum absolute atomic E-state index is 5.89. The standard InChI is InChI=1S/C18H12ClNS/c1-13-2-4-14(5-3-13)6-11-17-12-20-18(21-17)15-7-9-16(19)10-8-15/h2-5,7-10,12H,1H3. The quantitative estimate of drug-likeness (QED) is 0.565. The summed E-state index contributed by atoms with van der Waals surface area (Å²) in [7, 11) is 0. The third kappa shape index (κ3) is 3.52. The van der Waals surface area contributed by atoms with Crippen molar-refractivity contribution in [3.63, 3.8) is 0 Å². The van der Waals surface area contributed by atoms with Crippen LogP contribution in [0, 0.1) is 18.8 Å². The highest BCUT2D eigenvalue weighted by molar-refractivity contribution is 7.15. The Morgan fingerprint density at radius 2 is 1.67 bits per heavy atom. The largest absolute Gasteiger partial charge is 0.243 e. The van der Waals surface area contributed by atoms with Crippen LogP contribution in [0.4, 0.5) is 0 Å². The number of thiazole rings is 1. The summed E-state index contributed by atoms with van der Waals surface area (Å²) in [6, 6.07) is 15.9. The molecule has 0 bridgehead atoms. The van der Waals surface area contributed by atoms with Gasteiger partial charge in [0, 0.05) is 16.1 Å². The van der Waals surface area contributed by atoms with E-state index in [0.717, 1.165) is 26.0 Å². The lowest BCUT2D eigenvalue weighted by molar-refractivity contribution is 1.41. The molecule has 0 aliphatic heterocycles. The highest BCUT2D eigenvalue weighted by atomic mass is 35.5. The minimum absolute atomic E-state index is 0.731. The van der Waals surface area contributed by atoms with E-state index in [-0.39, 0.29) is 0 Å². The van der Waals surface area contributed by atoms with Crippen molar-refractivity contribution in [2.24, 2.45) is 0 Å². The summed E-state index contributed by atoms with van der Waals surface area (Å²) in [5, 5.41) is 1.69. The van der Waals surface area contributed by atoms with Crippen molar-refractivity contribution in [1.29, 1.82) is 0 Å². The molecule has 0 amide bonds. The number of benzene rings is 2. The monoisotopic (exact) mass is 309 g/mol. The third-order valence-electron chi connectivity index (χ3n) is 2.98. The molecule has 0 saturated heterocycles. The van der Waals surface area contributed by atoms with Gasteiger partial charge in [-0.3, -0.25) is 0 Å². The molecule has 0 fully saturated rings. The summed E-state index contributed by atoms with van der Waals surface area (Å²) >= 11 is 7.48. The molecule has 2 aromatic carbocycles. The van der Waals surface area contributed by atoms with Crippen LogP contribution in [0.5, 0.6) is 0 Å². The SMILES string of the molecule is Cc1ccc(C#Cc2cnc(-c3ccc(Cl)cc3)s2)cc1. The van der Waals surface area contributed by atoms with Gasteiger partial charge in [-0.05, 0) is 37.1 Å². The van der Waals surface area contributed by atoms with Crippen LogP contribution in [-0.4, -0.2) is 4.98 Å². The molecule has 3 heteroatoms. The Labute approximate surface area is 133 Å². The first kappa shape index (κ1) is 13.9. The van der Waals surface area contributed by atoms with Crippen molar-refractivity contribution in [2.45, 2.75) is 6.92 Å². The van der Waals surface area contributed by atoms with Crippen LogP contribution in [0.2, 0.25) is 5.02 Å². The normalized spacial score (nSPS) is 10.0. The summed E-state index contributed by atoms with van der Waals surface area (Å²) in [5.74, 6) is 6.32. The van der Waals surface area contributed by atoms with E-state index in [1.165, 1.54) is 5.56 Å². The Bertz CT molecular complexity index is 805. The second-order valence-electron chi connectivity index (χ2n) is 4.65. The Balaban J connectivity index is 1.82. The number of aromatic nitrogens is 1. The van der Waals surface area contributed by atoms with Crippen LogP contribution in [0.1, 0.15) is 16.0 Å². The molecule has 21 heavy (non-hydrogen) atoms. The van der Waals surface area contributed by atoms with Gasteiger partial charge in [-0.1, -0.05) is 47.4 Å². The minimum Gasteiger partial charge on any atom is -0.243 e. The van der Waals surface area contributed by atoms with Crippen LogP contribution < -0.4 is 0 Å². The molecule has 0 aliphatic rings. The van der Waals surface area contributed by atoms with Crippen LogP contribution in [0.15, 0.2) is 54.7 Å².